The minimum Gasteiger partial charge on any atom is -0.465 e. The molecule has 1 atom stereocenters. The van der Waals surface area contributed by atoms with Gasteiger partial charge < -0.3 is 4.74 Å². The van der Waals surface area contributed by atoms with Gasteiger partial charge in [-0.1, -0.05) is 19.9 Å². The van der Waals surface area contributed by atoms with Gasteiger partial charge in [0.15, 0.2) is 0 Å². The van der Waals surface area contributed by atoms with Crippen LogP contribution in [0.15, 0.2) is 36.7 Å². The predicted molar refractivity (Wildman–Crippen MR) is 80.9 cm³/mol. The Kier molecular flexibility index (Phi) is 4.68. The lowest BCUT2D eigenvalue weighted by atomic mass is 10.0. The highest BCUT2D eigenvalue weighted by Gasteiger charge is 2.17. The van der Waals surface area contributed by atoms with Crippen molar-refractivity contribution in [1.82, 2.24) is 4.98 Å². The van der Waals surface area contributed by atoms with Gasteiger partial charge in [-0.15, -0.1) is 0 Å². The van der Waals surface area contributed by atoms with E-state index in [1.54, 1.807) is 12.1 Å². The summed E-state index contributed by atoms with van der Waals surface area (Å²) >= 11 is 0. The number of aryl methyl sites for hydroxylation is 1. The summed E-state index contributed by atoms with van der Waals surface area (Å²) in [6.45, 7) is 4.35. The molecule has 0 fully saturated rings. The number of carbonyl (C=O) groups excluding carboxylic acids is 1. The molecule has 2 rings (SSSR count). The van der Waals surface area contributed by atoms with E-state index in [1.807, 2.05) is 29.9 Å². The van der Waals surface area contributed by atoms with Crippen LogP contribution in [0.4, 0.5) is 0 Å². The number of nitrogens with zero attached hydrogens (tertiary/aromatic N) is 2. The molecule has 0 aliphatic heterocycles. The van der Waals surface area contributed by atoms with Crippen LogP contribution in [-0.4, -0.2) is 18.1 Å². The van der Waals surface area contributed by atoms with Gasteiger partial charge in [-0.05, 0) is 35.5 Å². The van der Waals surface area contributed by atoms with Crippen LogP contribution in [0.25, 0.3) is 11.4 Å². The maximum Gasteiger partial charge on any atom is 0.337 e. The normalized spacial score (nSPS) is 12.0. The summed E-state index contributed by atoms with van der Waals surface area (Å²) in [5.41, 5.74) is 2.65. The molecule has 4 nitrogen and oxygen atoms in total. The first-order valence-corrected chi connectivity index (χ1v) is 7.11. The fourth-order valence-electron chi connectivity index (χ4n) is 2.22. The van der Waals surface area contributed by atoms with Crippen molar-refractivity contribution in [1.29, 1.82) is 0 Å². The van der Waals surface area contributed by atoms with Gasteiger partial charge in [-0.25, -0.2) is 9.36 Å². The van der Waals surface area contributed by atoms with Crippen molar-refractivity contribution in [3.8, 4) is 11.4 Å². The average Bonchev–Trinajstić information content (AvgIpc) is 2.53. The fourth-order valence-corrected chi connectivity index (χ4v) is 2.22. The average molecular weight is 285 g/mol. The van der Waals surface area contributed by atoms with Gasteiger partial charge >= 0.3 is 11.8 Å². The van der Waals surface area contributed by atoms with Crippen molar-refractivity contribution < 1.29 is 14.1 Å². The highest BCUT2D eigenvalue weighted by atomic mass is 16.5. The fraction of sp³-hybridized carbons (Fsp3) is 0.353. The Morgan fingerprint density at radius 2 is 2.19 bits per heavy atom. The van der Waals surface area contributed by atoms with E-state index in [0.717, 1.165) is 17.8 Å². The van der Waals surface area contributed by atoms with E-state index in [0.29, 0.717) is 11.5 Å². The lowest BCUT2D eigenvalue weighted by Gasteiger charge is -2.07. The Hall–Kier alpha value is -2.23. The van der Waals surface area contributed by atoms with Crippen molar-refractivity contribution in [3.05, 3.63) is 47.8 Å². The molecule has 1 aromatic heterocycles. The van der Waals surface area contributed by atoms with Gasteiger partial charge in [0, 0.05) is 5.56 Å². The minimum atomic E-state index is -0.337. The van der Waals surface area contributed by atoms with E-state index >= 15 is 0 Å². The largest absolute Gasteiger partial charge is 0.465 e. The molecule has 0 N–H and O–H groups in total. The minimum absolute atomic E-state index is 0.337. The molecule has 0 saturated carbocycles. The Morgan fingerprint density at radius 1 is 1.43 bits per heavy atom. The molecule has 4 heteroatoms. The zero-order chi connectivity index (χ0) is 15.4. The van der Waals surface area contributed by atoms with E-state index in [2.05, 4.69) is 25.0 Å². The maximum absolute atomic E-state index is 11.6. The summed E-state index contributed by atoms with van der Waals surface area (Å²) in [5.74, 6) is 0.975. The first-order valence-electron chi connectivity index (χ1n) is 7.11. The molecule has 2 aromatic rings. The molecule has 0 bridgehead atoms. The van der Waals surface area contributed by atoms with E-state index < -0.39 is 0 Å². The number of esters is 1. The molecule has 1 aromatic carbocycles. The van der Waals surface area contributed by atoms with Crippen LogP contribution in [-0.2, 0) is 11.8 Å². The van der Waals surface area contributed by atoms with Gasteiger partial charge in [0.05, 0.1) is 31.5 Å². The van der Waals surface area contributed by atoms with Crippen molar-refractivity contribution in [2.45, 2.75) is 26.2 Å². The molecule has 1 heterocycles. The Morgan fingerprint density at radius 3 is 2.81 bits per heavy atom. The Bertz CT molecular complexity index is 653. The van der Waals surface area contributed by atoms with Gasteiger partial charge in [0.25, 0.3) is 0 Å². The molecule has 110 valence electrons. The van der Waals surface area contributed by atoms with E-state index in [4.69, 9.17) is 4.74 Å². The van der Waals surface area contributed by atoms with Crippen molar-refractivity contribution >= 4 is 5.97 Å². The molecule has 0 amide bonds. The molecular weight excluding hydrogens is 264 g/mol. The van der Waals surface area contributed by atoms with Gasteiger partial charge in [0.2, 0.25) is 0 Å². The van der Waals surface area contributed by atoms with E-state index in [9.17, 15) is 4.79 Å². The number of methoxy groups -OCH3 is 1. The lowest BCUT2D eigenvalue weighted by Crippen LogP contribution is -2.33. The smallest absolute Gasteiger partial charge is 0.337 e. The summed E-state index contributed by atoms with van der Waals surface area (Å²) in [6, 6.07) is 7.32. The summed E-state index contributed by atoms with van der Waals surface area (Å²) in [5, 5.41) is 0. The maximum atomic E-state index is 11.6. The van der Waals surface area contributed by atoms with Gasteiger partial charge in [-0.2, -0.15) is 0 Å². The molecule has 0 aliphatic carbocycles. The lowest BCUT2D eigenvalue weighted by molar-refractivity contribution is -0.663. The van der Waals surface area contributed by atoms with Crippen LogP contribution in [0, 0.1) is 0 Å². The number of carbonyl (C=O) groups is 1. The second kappa shape index (κ2) is 6.48. The van der Waals surface area contributed by atoms with Gasteiger partial charge in [0.1, 0.15) is 6.20 Å². The second-order valence-corrected chi connectivity index (χ2v) is 5.20. The van der Waals surface area contributed by atoms with Crippen molar-refractivity contribution in [3.63, 3.8) is 0 Å². The molecule has 0 spiro atoms. The standard InChI is InChI=1S/C17H21N2O2/c1-5-12(2)15-10-18-16(19(3)11-15)13-7-6-8-14(9-13)17(20)21-4/h6-12H,5H2,1-4H3/q+1. The van der Waals surface area contributed by atoms with Crippen LogP contribution in [0.2, 0.25) is 0 Å². The number of ether oxygens (including phenoxy) is 1. The van der Waals surface area contributed by atoms with E-state index in [1.165, 1.54) is 12.7 Å². The first-order chi connectivity index (χ1) is 10.1. The van der Waals surface area contributed by atoms with Gasteiger partial charge in [-0.3, -0.25) is 0 Å². The third-order valence-electron chi connectivity index (χ3n) is 3.74. The topological polar surface area (TPSA) is 43.1 Å². The molecule has 0 saturated heterocycles. The zero-order valence-electron chi connectivity index (χ0n) is 13.0. The quantitative estimate of drug-likeness (QED) is 0.641. The van der Waals surface area contributed by atoms with E-state index in [-0.39, 0.29) is 5.97 Å². The summed E-state index contributed by atoms with van der Waals surface area (Å²) in [7, 11) is 3.35. The highest BCUT2D eigenvalue weighted by Crippen LogP contribution is 2.19. The summed E-state index contributed by atoms with van der Waals surface area (Å²) < 4.78 is 6.75. The first kappa shape index (κ1) is 15.2. The van der Waals surface area contributed by atoms with Crippen LogP contribution in [0.5, 0.6) is 0 Å². The summed E-state index contributed by atoms with van der Waals surface area (Å²) in [6.07, 6.45) is 5.09. The van der Waals surface area contributed by atoms with Crippen molar-refractivity contribution in [2.75, 3.05) is 7.11 Å². The second-order valence-electron chi connectivity index (χ2n) is 5.20. The number of hydrogen-bond donors (Lipinski definition) is 0. The summed E-state index contributed by atoms with van der Waals surface area (Å²) in [4.78, 5) is 16.2. The zero-order valence-corrected chi connectivity index (χ0v) is 13.0. The SMILES string of the molecule is CCC(C)c1cnc(-c2cccc(C(=O)OC)c2)[n+](C)c1. The molecule has 21 heavy (non-hydrogen) atoms. The molecular formula is C17H21N2O2+. The number of rotatable bonds is 4. The number of benzene rings is 1. The van der Waals surface area contributed by atoms with Crippen molar-refractivity contribution in [2.24, 2.45) is 7.05 Å². The molecule has 0 radical (unpaired) electrons. The molecule has 1 unspecified atom stereocenters. The Labute approximate surface area is 125 Å². The monoisotopic (exact) mass is 285 g/mol. The Balaban J connectivity index is 2.40. The third-order valence-corrected chi connectivity index (χ3v) is 3.74. The van der Waals surface area contributed by atoms with Crippen LogP contribution in [0.1, 0.15) is 42.1 Å². The highest BCUT2D eigenvalue weighted by molar-refractivity contribution is 5.90. The molecule has 0 aliphatic rings. The number of hydrogen-bond acceptors (Lipinski definition) is 3. The van der Waals surface area contributed by atoms with Crippen LogP contribution < -0.4 is 4.57 Å². The number of aromatic nitrogens is 2. The third kappa shape index (κ3) is 3.27. The van der Waals surface area contributed by atoms with Crippen LogP contribution >= 0.6 is 0 Å². The predicted octanol–water partition coefficient (Wildman–Crippen LogP) is 2.87. The van der Waals surface area contributed by atoms with Crippen LogP contribution in [0.3, 0.4) is 0 Å².